The van der Waals surface area contributed by atoms with Crippen LogP contribution in [0.15, 0.2) is 15.9 Å². The van der Waals surface area contributed by atoms with Crippen molar-refractivity contribution in [2.45, 2.75) is 39.7 Å². The summed E-state index contributed by atoms with van der Waals surface area (Å²) in [4.78, 5) is 1.22. The fourth-order valence-corrected chi connectivity index (χ4v) is 2.65. The minimum Gasteiger partial charge on any atom is -0.389 e. The topological polar surface area (TPSA) is 20.2 Å². The molecule has 0 aromatic carbocycles. The Morgan fingerprint density at radius 1 is 1.36 bits per heavy atom. The maximum atomic E-state index is 10.3. The molecule has 1 nitrogen and oxygen atoms in total. The van der Waals surface area contributed by atoms with Gasteiger partial charge in [-0.3, -0.25) is 0 Å². The minimum absolute atomic E-state index is 0.0938. The van der Waals surface area contributed by atoms with Gasteiger partial charge in [0.25, 0.3) is 0 Å². The summed E-state index contributed by atoms with van der Waals surface area (Å²) in [6.07, 6.45) is 0.715. The summed E-state index contributed by atoms with van der Waals surface area (Å²) in [6.45, 7) is 8.10. The van der Waals surface area contributed by atoms with E-state index >= 15 is 0 Å². The second-order valence-electron chi connectivity index (χ2n) is 4.93. The molecule has 0 saturated heterocycles. The van der Waals surface area contributed by atoms with Crippen LogP contribution in [0.25, 0.3) is 0 Å². The molecule has 14 heavy (non-hydrogen) atoms. The molecule has 1 heterocycles. The molecule has 1 unspecified atom stereocenters. The number of aliphatic hydroxyl groups is 1. The molecular weight excluding hydrogens is 260 g/mol. The zero-order chi connectivity index (χ0) is 11.0. The Morgan fingerprint density at radius 2 is 1.93 bits per heavy atom. The van der Waals surface area contributed by atoms with Gasteiger partial charge in [0, 0.05) is 21.2 Å². The van der Waals surface area contributed by atoms with Gasteiger partial charge >= 0.3 is 0 Å². The first-order valence-electron chi connectivity index (χ1n) is 4.68. The van der Waals surface area contributed by atoms with E-state index in [4.69, 9.17) is 0 Å². The van der Waals surface area contributed by atoms with Crippen LogP contribution in [0.2, 0.25) is 0 Å². The van der Waals surface area contributed by atoms with Crippen molar-refractivity contribution in [2.24, 2.45) is 5.41 Å². The first kappa shape index (κ1) is 12.2. The molecule has 1 N–H and O–H groups in total. The van der Waals surface area contributed by atoms with Crippen LogP contribution < -0.4 is 0 Å². The van der Waals surface area contributed by atoms with Crippen LogP contribution in [-0.2, 0) is 6.42 Å². The van der Waals surface area contributed by atoms with Gasteiger partial charge in [0.2, 0.25) is 0 Å². The Balaban J connectivity index is 2.78. The third-order valence-corrected chi connectivity index (χ3v) is 4.45. The van der Waals surface area contributed by atoms with Crippen molar-refractivity contribution in [3.63, 3.8) is 0 Å². The van der Waals surface area contributed by atoms with E-state index in [0.717, 1.165) is 4.47 Å². The van der Waals surface area contributed by atoms with Crippen molar-refractivity contribution in [1.29, 1.82) is 0 Å². The van der Waals surface area contributed by atoms with Gasteiger partial charge in [-0.15, -0.1) is 11.3 Å². The van der Waals surface area contributed by atoms with E-state index in [0.29, 0.717) is 6.42 Å². The van der Waals surface area contributed by atoms with Crippen LogP contribution in [0.3, 0.4) is 0 Å². The third kappa shape index (κ3) is 2.81. The maximum Gasteiger partial charge on any atom is 0.0715 e. The number of rotatable bonds is 2. The molecule has 1 aromatic heterocycles. The normalized spacial score (nSPS) is 16.7. The third-order valence-electron chi connectivity index (χ3n) is 2.76. The Kier molecular flexibility index (Phi) is 3.45. The van der Waals surface area contributed by atoms with Crippen molar-refractivity contribution in [3.05, 3.63) is 20.8 Å². The molecule has 1 aromatic rings. The molecule has 0 aliphatic rings. The van der Waals surface area contributed by atoms with E-state index < -0.39 is 5.60 Å². The van der Waals surface area contributed by atoms with Gasteiger partial charge in [-0.1, -0.05) is 20.8 Å². The van der Waals surface area contributed by atoms with Crippen molar-refractivity contribution in [1.82, 2.24) is 0 Å². The van der Waals surface area contributed by atoms with Gasteiger partial charge < -0.3 is 5.11 Å². The van der Waals surface area contributed by atoms with E-state index in [1.165, 1.54) is 4.88 Å². The van der Waals surface area contributed by atoms with Crippen molar-refractivity contribution >= 4 is 27.3 Å². The van der Waals surface area contributed by atoms with Crippen LogP contribution in [-0.4, -0.2) is 10.7 Å². The highest BCUT2D eigenvalue weighted by molar-refractivity contribution is 9.10. The van der Waals surface area contributed by atoms with E-state index in [1.807, 2.05) is 12.3 Å². The molecular formula is C11H17BrOS. The lowest BCUT2D eigenvalue weighted by Gasteiger charge is -2.36. The van der Waals surface area contributed by atoms with Crippen LogP contribution in [0, 0.1) is 5.41 Å². The fourth-order valence-electron chi connectivity index (χ4n) is 1.05. The van der Waals surface area contributed by atoms with E-state index in [-0.39, 0.29) is 5.41 Å². The van der Waals surface area contributed by atoms with Gasteiger partial charge in [-0.05, 0) is 34.3 Å². The average Bonchev–Trinajstić information content (AvgIpc) is 2.31. The Labute approximate surface area is 98.3 Å². The Bertz CT molecular complexity index is 309. The predicted octanol–water partition coefficient (Wildman–Crippen LogP) is 3.85. The minimum atomic E-state index is -0.655. The van der Waals surface area contributed by atoms with Crippen LogP contribution in [0.4, 0.5) is 0 Å². The van der Waals surface area contributed by atoms with Gasteiger partial charge in [0.15, 0.2) is 0 Å². The molecule has 0 radical (unpaired) electrons. The van der Waals surface area contributed by atoms with Crippen LogP contribution >= 0.6 is 27.3 Å². The summed E-state index contributed by atoms with van der Waals surface area (Å²) in [5, 5.41) is 12.4. The lowest BCUT2D eigenvalue weighted by molar-refractivity contribution is -0.0399. The molecule has 0 bridgehead atoms. The summed E-state index contributed by atoms with van der Waals surface area (Å²) in [5.74, 6) is 0. The molecule has 1 atom stereocenters. The molecule has 1 rings (SSSR count). The van der Waals surface area contributed by atoms with Gasteiger partial charge in [0.1, 0.15) is 0 Å². The maximum absolute atomic E-state index is 10.3. The number of thiophene rings is 1. The second-order valence-corrected chi connectivity index (χ2v) is 6.84. The summed E-state index contributed by atoms with van der Waals surface area (Å²) in [5.41, 5.74) is -0.749. The molecule has 0 spiro atoms. The highest BCUT2D eigenvalue weighted by atomic mass is 79.9. The summed E-state index contributed by atoms with van der Waals surface area (Å²) in [7, 11) is 0. The monoisotopic (exact) mass is 276 g/mol. The smallest absolute Gasteiger partial charge is 0.0715 e. The molecule has 80 valence electrons. The first-order chi connectivity index (χ1) is 6.22. The van der Waals surface area contributed by atoms with Crippen molar-refractivity contribution in [2.75, 3.05) is 0 Å². The number of hydrogen-bond donors (Lipinski definition) is 1. The summed E-state index contributed by atoms with van der Waals surface area (Å²) >= 11 is 5.10. The van der Waals surface area contributed by atoms with Gasteiger partial charge in [-0.2, -0.15) is 0 Å². The fraction of sp³-hybridized carbons (Fsp3) is 0.636. The molecule has 0 aliphatic carbocycles. The summed E-state index contributed by atoms with van der Waals surface area (Å²) < 4.78 is 1.10. The number of halogens is 1. The largest absolute Gasteiger partial charge is 0.389 e. The standard InChI is InChI=1S/C11H17BrOS/c1-10(2,3)11(4,13)6-9-5-8(12)7-14-9/h5,7,13H,6H2,1-4H3. The molecule has 0 saturated carbocycles. The highest BCUT2D eigenvalue weighted by Gasteiger charge is 2.35. The highest BCUT2D eigenvalue weighted by Crippen LogP contribution is 2.34. The Morgan fingerprint density at radius 3 is 2.29 bits per heavy atom. The zero-order valence-corrected chi connectivity index (χ0v) is 11.5. The van der Waals surface area contributed by atoms with Crippen LogP contribution in [0.1, 0.15) is 32.6 Å². The molecule has 3 heteroatoms. The van der Waals surface area contributed by atoms with Crippen molar-refractivity contribution in [3.8, 4) is 0 Å². The quantitative estimate of drug-likeness (QED) is 0.870. The van der Waals surface area contributed by atoms with Crippen molar-refractivity contribution < 1.29 is 5.11 Å². The first-order valence-corrected chi connectivity index (χ1v) is 6.35. The van der Waals surface area contributed by atoms with Gasteiger partial charge in [-0.25, -0.2) is 0 Å². The second kappa shape index (κ2) is 3.95. The van der Waals surface area contributed by atoms with E-state index in [1.54, 1.807) is 11.3 Å². The zero-order valence-electron chi connectivity index (χ0n) is 9.10. The van der Waals surface area contributed by atoms with E-state index in [9.17, 15) is 5.11 Å². The average molecular weight is 277 g/mol. The SMILES string of the molecule is CC(C)(C)C(C)(O)Cc1cc(Br)cs1. The van der Waals surface area contributed by atoms with E-state index in [2.05, 4.69) is 42.8 Å². The lowest BCUT2D eigenvalue weighted by atomic mass is 9.75. The molecule has 0 amide bonds. The summed E-state index contributed by atoms with van der Waals surface area (Å²) in [6, 6.07) is 2.07. The lowest BCUT2D eigenvalue weighted by Crippen LogP contribution is -2.41. The van der Waals surface area contributed by atoms with Gasteiger partial charge in [0.05, 0.1) is 5.60 Å². The molecule has 0 fully saturated rings. The number of hydrogen-bond acceptors (Lipinski definition) is 2. The predicted molar refractivity (Wildman–Crippen MR) is 65.8 cm³/mol. The van der Waals surface area contributed by atoms with Crippen LogP contribution in [0.5, 0.6) is 0 Å². The molecule has 0 aliphatic heterocycles. The Hall–Kier alpha value is 0.140.